The van der Waals surface area contributed by atoms with Gasteiger partial charge in [-0.1, -0.05) is 60.7 Å². The molecule has 0 aliphatic rings. The van der Waals surface area contributed by atoms with Gasteiger partial charge in [0.05, 0.1) is 15.0 Å². The van der Waals surface area contributed by atoms with Crippen molar-refractivity contribution in [2.45, 2.75) is 6.10 Å². The van der Waals surface area contributed by atoms with Crippen LogP contribution in [0.1, 0.15) is 27.6 Å². The molecule has 0 radical (unpaired) electrons. The van der Waals surface area contributed by atoms with Gasteiger partial charge in [0.2, 0.25) is 0 Å². The van der Waals surface area contributed by atoms with Crippen molar-refractivity contribution in [1.82, 2.24) is 0 Å². The maximum atomic E-state index is 12.6. The maximum Gasteiger partial charge on any atom is 0.339 e. The zero-order chi connectivity index (χ0) is 18.5. The molecule has 0 aromatic heterocycles. The summed E-state index contributed by atoms with van der Waals surface area (Å²) in [4.78, 5) is 23.2. The molecule has 0 spiro atoms. The minimum absolute atomic E-state index is 0.122. The number of esters is 1. The Morgan fingerprint density at radius 2 is 1.46 bits per heavy atom. The lowest BCUT2D eigenvalue weighted by Gasteiger charge is -2.19. The fourth-order valence-electron chi connectivity index (χ4n) is 2.54. The average Bonchev–Trinajstić information content (AvgIpc) is 2.67. The molecule has 0 aliphatic carbocycles. The number of halogens is 1. The van der Waals surface area contributed by atoms with Gasteiger partial charge in [-0.2, -0.15) is 0 Å². The summed E-state index contributed by atoms with van der Waals surface area (Å²) in [5.41, 5.74) is 1.57. The standard InChI is InChI=1S/C20H14BrNO4/c21-17-12-11-16(13-18(17)22(24)25)20(23)26-19(14-7-3-1-4-8-14)15-9-5-2-6-10-15/h1-13,19H. The number of carbonyl (C=O) groups is 1. The second-order valence-corrected chi connectivity index (χ2v) is 6.38. The lowest BCUT2D eigenvalue weighted by molar-refractivity contribution is -0.385. The van der Waals surface area contributed by atoms with E-state index in [9.17, 15) is 14.9 Å². The Balaban J connectivity index is 1.94. The van der Waals surface area contributed by atoms with Gasteiger partial charge < -0.3 is 4.74 Å². The third-order valence-corrected chi connectivity index (χ3v) is 4.48. The predicted molar refractivity (Wildman–Crippen MR) is 101 cm³/mol. The molecule has 0 fully saturated rings. The molecule has 0 atom stereocenters. The van der Waals surface area contributed by atoms with Crippen molar-refractivity contribution < 1.29 is 14.5 Å². The van der Waals surface area contributed by atoms with E-state index < -0.39 is 17.0 Å². The van der Waals surface area contributed by atoms with Crippen molar-refractivity contribution in [3.05, 3.63) is 110 Å². The summed E-state index contributed by atoms with van der Waals surface area (Å²) in [6, 6.07) is 22.9. The van der Waals surface area contributed by atoms with Crippen LogP contribution in [0, 0.1) is 10.1 Å². The highest BCUT2D eigenvalue weighted by molar-refractivity contribution is 9.10. The van der Waals surface area contributed by atoms with Gasteiger partial charge in [0, 0.05) is 6.07 Å². The van der Waals surface area contributed by atoms with Crippen LogP contribution in [0.15, 0.2) is 83.3 Å². The summed E-state index contributed by atoms with van der Waals surface area (Å²) in [6.07, 6.45) is -0.604. The average molecular weight is 412 g/mol. The Kier molecular flexibility index (Phi) is 5.43. The summed E-state index contributed by atoms with van der Waals surface area (Å²) < 4.78 is 6.01. The van der Waals surface area contributed by atoms with Crippen LogP contribution < -0.4 is 0 Å². The van der Waals surface area contributed by atoms with Gasteiger partial charge in [-0.25, -0.2) is 4.79 Å². The molecule has 3 aromatic carbocycles. The van der Waals surface area contributed by atoms with E-state index in [4.69, 9.17) is 4.74 Å². The number of hydrogen-bond donors (Lipinski definition) is 0. The van der Waals surface area contributed by atoms with Crippen LogP contribution in [0.4, 0.5) is 5.69 Å². The van der Waals surface area contributed by atoms with Crippen LogP contribution in [-0.2, 0) is 4.74 Å². The molecule has 0 bridgehead atoms. The number of carbonyl (C=O) groups excluding carboxylic acids is 1. The normalized spacial score (nSPS) is 10.5. The monoisotopic (exact) mass is 411 g/mol. The minimum atomic E-state index is -0.627. The lowest BCUT2D eigenvalue weighted by Crippen LogP contribution is -2.13. The first-order chi connectivity index (χ1) is 12.6. The highest BCUT2D eigenvalue weighted by atomic mass is 79.9. The van der Waals surface area contributed by atoms with E-state index in [0.29, 0.717) is 4.47 Å². The number of hydrogen-bond acceptors (Lipinski definition) is 4. The summed E-state index contributed by atoms with van der Waals surface area (Å²) >= 11 is 3.11. The first-order valence-electron chi connectivity index (χ1n) is 7.81. The minimum Gasteiger partial charge on any atom is -0.449 e. The van der Waals surface area contributed by atoms with Crippen molar-refractivity contribution in [3.63, 3.8) is 0 Å². The number of benzene rings is 3. The molecular weight excluding hydrogens is 398 g/mol. The van der Waals surface area contributed by atoms with Gasteiger partial charge >= 0.3 is 5.97 Å². The van der Waals surface area contributed by atoms with Crippen molar-refractivity contribution in [2.75, 3.05) is 0 Å². The van der Waals surface area contributed by atoms with E-state index in [1.807, 2.05) is 60.7 Å². The summed E-state index contributed by atoms with van der Waals surface area (Å²) in [5, 5.41) is 11.1. The summed E-state index contributed by atoms with van der Waals surface area (Å²) in [7, 11) is 0. The molecule has 26 heavy (non-hydrogen) atoms. The quantitative estimate of drug-likeness (QED) is 0.324. The summed E-state index contributed by atoms with van der Waals surface area (Å²) in [5.74, 6) is -0.627. The SMILES string of the molecule is O=C(OC(c1ccccc1)c1ccccc1)c1ccc(Br)c([N+](=O)[O-])c1. The zero-order valence-electron chi connectivity index (χ0n) is 13.5. The van der Waals surface area contributed by atoms with Crippen LogP contribution in [-0.4, -0.2) is 10.9 Å². The second-order valence-electron chi connectivity index (χ2n) is 5.53. The van der Waals surface area contributed by atoms with E-state index in [1.54, 1.807) is 0 Å². The van der Waals surface area contributed by atoms with Crippen molar-refractivity contribution in [3.8, 4) is 0 Å². The Morgan fingerprint density at radius 1 is 0.923 bits per heavy atom. The Morgan fingerprint density at radius 3 is 1.96 bits per heavy atom. The molecule has 130 valence electrons. The molecule has 0 unspecified atom stereocenters. The molecule has 0 N–H and O–H groups in total. The second kappa shape index (κ2) is 7.93. The fraction of sp³-hybridized carbons (Fsp3) is 0.0500. The van der Waals surface area contributed by atoms with Crippen LogP contribution in [0.5, 0.6) is 0 Å². The molecule has 0 saturated carbocycles. The predicted octanol–water partition coefficient (Wildman–Crippen LogP) is 5.30. The topological polar surface area (TPSA) is 69.4 Å². The number of nitro groups is 1. The van der Waals surface area contributed by atoms with Crippen molar-refractivity contribution >= 4 is 27.6 Å². The van der Waals surface area contributed by atoms with Crippen LogP contribution in [0.25, 0.3) is 0 Å². The molecule has 3 rings (SSSR count). The molecule has 5 nitrogen and oxygen atoms in total. The summed E-state index contributed by atoms with van der Waals surface area (Å²) in [6.45, 7) is 0. The third kappa shape index (κ3) is 3.97. The molecule has 6 heteroatoms. The van der Waals surface area contributed by atoms with Crippen molar-refractivity contribution in [2.24, 2.45) is 0 Å². The molecule has 0 saturated heterocycles. The molecular formula is C20H14BrNO4. The van der Waals surface area contributed by atoms with Gasteiger partial charge in [-0.15, -0.1) is 0 Å². The third-order valence-electron chi connectivity index (χ3n) is 3.81. The van der Waals surface area contributed by atoms with Gasteiger partial charge in [-0.05, 0) is 39.2 Å². The number of ether oxygens (including phenoxy) is 1. The van der Waals surface area contributed by atoms with Crippen molar-refractivity contribution in [1.29, 1.82) is 0 Å². The first kappa shape index (κ1) is 17.8. The van der Waals surface area contributed by atoms with E-state index in [-0.39, 0.29) is 11.3 Å². The Bertz CT molecular complexity index is 890. The Labute approximate surface area is 158 Å². The van der Waals surface area contributed by atoms with Crippen LogP contribution in [0.2, 0.25) is 0 Å². The number of rotatable bonds is 5. The van der Waals surface area contributed by atoms with Gasteiger partial charge in [0.25, 0.3) is 5.69 Å². The molecule has 0 heterocycles. The van der Waals surface area contributed by atoms with Gasteiger partial charge in [0.15, 0.2) is 6.10 Å². The zero-order valence-corrected chi connectivity index (χ0v) is 15.1. The lowest BCUT2D eigenvalue weighted by atomic mass is 10.0. The van der Waals surface area contributed by atoms with E-state index >= 15 is 0 Å². The highest BCUT2D eigenvalue weighted by Crippen LogP contribution is 2.29. The first-order valence-corrected chi connectivity index (χ1v) is 8.60. The van der Waals surface area contributed by atoms with E-state index in [1.165, 1.54) is 18.2 Å². The van der Waals surface area contributed by atoms with Gasteiger partial charge in [-0.3, -0.25) is 10.1 Å². The molecule has 0 aliphatic heterocycles. The molecule has 3 aromatic rings. The molecule has 0 amide bonds. The van der Waals surface area contributed by atoms with E-state index in [0.717, 1.165) is 11.1 Å². The van der Waals surface area contributed by atoms with E-state index in [2.05, 4.69) is 15.9 Å². The van der Waals surface area contributed by atoms with Crippen LogP contribution in [0.3, 0.4) is 0 Å². The maximum absolute atomic E-state index is 12.6. The highest BCUT2D eigenvalue weighted by Gasteiger charge is 2.22. The largest absolute Gasteiger partial charge is 0.449 e. The number of nitro benzene ring substituents is 1. The fourth-order valence-corrected chi connectivity index (χ4v) is 2.93. The van der Waals surface area contributed by atoms with Gasteiger partial charge in [0.1, 0.15) is 0 Å². The Hall–Kier alpha value is -2.99. The smallest absolute Gasteiger partial charge is 0.339 e. The van der Waals surface area contributed by atoms with Crippen LogP contribution >= 0.6 is 15.9 Å². The number of nitrogens with zero attached hydrogens (tertiary/aromatic N) is 1.